The van der Waals surface area contributed by atoms with E-state index in [-0.39, 0.29) is 5.41 Å². The highest BCUT2D eigenvalue weighted by molar-refractivity contribution is 7.99. The second-order valence-electron chi connectivity index (χ2n) is 5.30. The molecule has 2 N–H and O–H groups in total. The van der Waals surface area contributed by atoms with Gasteiger partial charge in [0.15, 0.2) is 0 Å². The fourth-order valence-corrected chi connectivity index (χ4v) is 2.38. The molecule has 1 aromatic heterocycles. The second kappa shape index (κ2) is 6.45. The SMILES string of the molecule is Cc1nc(SCCCCC(C)(C)CN)oc1C. The first-order valence-electron chi connectivity index (χ1n) is 6.21. The fraction of sp³-hybridized carbons (Fsp3) is 0.769. The number of rotatable bonds is 7. The van der Waals surface area contributed by atoms with Crippen LogP contribution in [-0.2, 0) is 0 Å². The lowest BCUT2D eigenvalue weighted by Crippen LogP contribution is -2.23. The zero-order valence-electron chi connectivity index (χ0n) is 11.4. The summed E-state index contributed by atoms with van der Waals surface area (Å²) in [5.41, 5.74) is 6.98. The number of unbranched alkanes of at least 4 members (excludes halogenated alkanes) is 1. The Morgan fingerprint density at radius 3 is 2.53 bits per heavy atom. The van der Waals surface area contributed by atoms with Crippen LogP contribution in [0.15, 0.2) is 9.64 Å². The van der Waals surface area contributed by atoms with Gasteiger partial charge in [0, 0.05) is 5.75 Å². The van der Waals surface area contributed by atoms with Crippen LogP contribution in [0.1, 0.15) is 44.6 Å². The highest BCUT2D eigenvalue weighted by Gasteiger charge is 2.14. The third kappa shape index (κ3) is 5.13. The van der Waals surface area contributed by atoms with Crippen LogP contribution in [0.2, 0.25) is 0 Å². The first-order valence-corrected chi connectivity index (χ1v) is 7.20. The van der Waals surface area contributed by atoms with E-state index in [9.17, 15) is 0 Å². The van der Waals surface area contributed by atoms with E-state index in [1.165, 1.54) is 19.3 Å². The van der Waals surface area contributed by atoms with E-state index < -0.39 is 0 Å². The summed E-state index contributed by atoms with van der Waals surface area (Å²) in [4.78, 5) is 4.35. The number of aromatic nitrogens is 1. The summed E-state index contributed by atoms with van der Waals surface area (Å²) in [6.07, 6.45) is 3.60. The van der Waals surface area contributed by atoms with Crippen LogP contribution >= 0.6 is 11.8 Å². The van der Waals surface area contributed by atoms with Crippen molar-refractivity contribution >= 4 is 11.8 Å². The molecule has 0 aliphatic carbocycles. The molecule has 1 aromatic rings. The molecule has 3 nitrogen and oxygen atoms in total. The zero-order valence-corrected chi connectivity index (χ0v) is 12.2. The molecule has 0 saturated heterocycles. The molecule has 4 heteroatoms. The summed E-state index contributed by atoms with van der Waals surface area (Å²) in [6.45, 7) is 9.14. The van der Waals surface area contributed by atoms with Crippen LogP contribution in [-0.4, -0.2) is 17.3 Å². The lowest BCUT2D eigenvalue weighted by molar-refractivity contribution is 0.336. The molecule has 0 aromatic carbocycles. The molecule has 1 rings (SSSR count). The van der Waals surface area contributed by atoms with E-state index in [1.807, 2.05) is 13.8 Å². The number of hydrogen-bond donors (Lipinski definition) is 1. The third-order valence-electron chi connectivity index (χ3n) is 3.03. The van der Waals surface area contributed by atoms with Gasteiger partial charge in [-0.25, -0.2) is 4.98 Å². The monoisotopic (exact) mass is 256 g/mol. The lowest BCUT2D eigenvalue weighted by Gasteiger charge is -2.21. The van der Waals surface area contributed by atoms with Crippen molar-refractivity contribution in [1.82, 2.24) is 4.98 Å². The summed E-state index contributed by atoms with van der Waals surface area (Å²) in [5.74, 6) is 2.00. The van der Waals surface area contributed by atoms with E-state index in [2.05, 4.69) is 18.8 Å². The minimum Gasteiger partial charge on any atom is -0.437 e. The predicted molar refractivity (Wildman–Crippen MR) is 73.4 cm³/mol. The number of oxazole rings is 1. The molecule has 17 heavy (non-hydrogen) atoms. The number of hydrogen-bond acceptors (Lipinski definition) is 4. The molecule has 0 fully saturated rings. The van der Waals surface area contributed by atoms with Crippen molar-refractivity contribution in [3.63, 3.8) is 0 Å². The summed E-state index contributed by atoms with van der Waals surface area (Å²) in [7, 11) is 0. The van der Waals surface area contributed by atoms with E-state index in [0.29, 0.717) is 0 Å². The topological polar surface area (TPSA) is 52.0 Å². The molecule has 0 radical (unpaired) electrons. The Balaban J connectivity index is 2.16. The largest absolute Gasteiger partial charge is 0.437 e. The maximum Gasteiger partial charge on any atom is 0.256 e. The Labute approximate surface area is 109 Å². The van der Waals surface area contributed by atoms with Gasteiger partial charge < -0.3 is 10.2 Å². The van der Waals surface area contributed by atoms with Crippen molar-refractivity contribution in [2.24, 2.45) is 11.1 Å². The van der Waals surface area contributed by atoms with Crippen molar-refractivity contribution in [2.45, 2.75) is 52.2 Å². The highest BCUT2D eigenvalue weighted by Crippen LogP contribution is 2.24. The maximum atomic E-state index is 5.70. The molecular weight excluding hydrogens is 232 g/mol. The van der Waals surface area contributed by atoms with E-state index >= 15 is 0 Å². The average Bonchev–Trinajstić information content (AvgIpc) is 2.58. The number of thioether (sulfide) groups is 1. The van der Waals surface area contributed by atoms with Crippen molar-refractivity contribution in [1.29, 1.82) is 0 Å². The minimum atomic E-state index is 0.279. The second-order valence-corrected chi connectivity index (χ2v) is 6.34. The van der Waals surface area contributed by atoms with Gasteiger partial charge in [0.05, 0.1) is 5.69 Å². The normalized spacial score (nSPS) is 12.1. The van der Waals surface area contributed by atoms with Crippen LogP contribution in [0.4, 0.5) is 0 Å². The third-order valence-corrected chi connectivity index (χ3v) is 3.95. The van der Waals surface area contributed by atoms with Gasteiger partial charge in [-0.1, -0.05) is 32.0 Å². The van der Waals surface area contributed by atoms with Gasteiger partial charge in [-0.3, -0.25) is 0 Å². The Bertz CT molecular complexity index is 328. The van der Waals surface area contributed by atoms with E-state index in [4.69, 9.17) is 10.2 Å². The van der Waals surface area contributed by atoms with Gasteiger partial charge >= 0.3 is 0 Å². The molecule has 0 saturated carbocycles. The Morgan fingerprint density at radius 1 is 1.29 bits per heavy atom. The molecule has 98 valence electrons. The number of aryl methyl sites for hydroxylation is 2. The Morgan fingerprint density at radius 2 is 2.00 bits per heavy atom. The zero-order chi connectivity index (χ0) is 12.9. The molecule has 0 spiro atoms. The highest BCUT2D eigenvalue weighted by atomic mass is 32.2. The van der Waals surface area contributed by atoms with Crippen LogP contribution in [0.5, 0.6) is 0 Å². The standard InChI is InChI=1S/C13H24N2OS/c1-10-11(2)16-12(15-10)17-8-6-5-7-13(3,4)9-14/h5-9,14H2,1-4H3. The average molecular weight is 256 g/mol. The number of nitrogens with zero attached hydrogens (tertiary/aromatic N) is 1. The lowest BCUT2D eigenvalue weighted by atomic mass is 9.88. The summed E-state index contributed by atoms with van der Waals surface area (Å²) in [5, 5.41) is 0.804. The van der Waals surface area contributed by atoms with Crippen molar-refractivity contribution in [3.8, 4) is 0 Å². The first kappa shape index (κ1) is 14.6. The summed E-state index contributed by atoms with van der Waals surface area (Å²) < 4.78 is 5.51. The van der Waals surface area contributed by atoms with Crippen molar-refractivity contribution in [3.05, 3.63) is 11.5 Å². The minimum absolute atomic E-state index is 0.279. The van der Waals surface area contributed by atoms with E-state index in [0.717, 1.165) is 29.0 Å². The summed E-state index contributed by atoms with van der Waals surface area (Å²) in [6, 6.07) is 0. The molecule has 0 unspecified atom stereocenters. The molecule has 0 atom stereocenters. The van der Waals surface area contributed by atoms with Gasteiger partial charge in [-0.2, -0.15) is 0 Å². The Kier molecular flexibility index (Phi) is 5.53. The van der Waals surface area contributed by atoms with Crippen molar-refractivity contribution < 1.29 is 4.42 Å². The van der Waals surface area contributed by atoms with Gasteiger partial charge in [0.1, 0.15) is 5.76 Å². The van der Waals surface area contributed by atoms with Crippen LogP contribution < -0.4 is 5.73 Å². The van der Waals surface area contributed by atoms with Gasteiger partial charge in [-0.15, -0.1) is 0 Å². The first-order chi connectivity index (χ1) is 7.94. The molecule has 0 aliphatic heterocycles. The molecule has 0 aliphatic rings. The smallest absolute Gasteiger partial charge is 0.256 e. The van der Waals surface area contributed by atoms with Gasteiger partial charge in [0.25, 0.3) is 5.22 Å². The molecule has 0 bridgehead atoms. The van der Waals surface area contributed by atoms with E-state index in [1.54, 1.807) is 11.8 Å². The predicted octanol–water partition coefficient (Wildman–Crippen LogP) is 3.54. The Hall–Kier alpha value is -0.480. The van der Waals surface area contributed by atoms with Crippen LogP contribution in [0, 0.1) is 19.3 Å². The van der Waals surface area contributed by atoms with Crippen molar-refractivity contribution in [2.75, 3.05) is 12.3 Å². The fourth-order valence-electron chi connectivity index (χ4n) is 1.47. The van der Waals surface area contributed by atoms with Gasteiger partial charge in [0.2, 0.25) is 0 Å². The van der Waals surface area contributed by atoms with Crippen LogP contribution in [0.3, 0.4) is 0 Å². The number of nitrogens with two attached hydrogens (primary N) is 1. The molecule has 1 heterocycles. The van der Waals surface area contributed by atoms with Gasteiger partial charge in [-0.05, 0) is 38.6 Å². The molecular formula is C13H24N2OS. The summed E-state index contributed by atoms with van der Waals surface area (Å²) >= 11 is 1.70. The van der Waals surface area contributed by atoms with Crippen LogP contribution in [0.25, 0.3) is 0 Å². The quantitative estimate of drug-likeness (QED) is 0.599. The maximum absolute atomic E-state index is 5.70. The molecule has 0 amide bonds.